The minimum atomic E-state index is -0.803. The van der Waals surface area contributed by atoms with Crippen molar-refractivity contribution in [1.82, 2.24) is 26.0 Å². The number of rotatable bonds is 0. The molecule has 5 fully saturated rings. The minimum absolute atomic E-state index is 0.0522. The van der Waals surface area contributed by atoms with Gasteiger partial charge in [-0.2, -0.15) is 0 Å². The van der Waals surface area contributed by atoms with Crippen molar-refractivity contribution in [2.24, 2.45) is 11.8 Å². The summed E-state index contributed by atoms with van der Waals surface area (Å²) in [7, 11) is 0. The van der Waals surface area contributed by atoms with Crippen LogP contribution in [-0.4, -0.2) is 102 Å². The van der Waals surface area contributed by atoms with Crippen LogP contribution in [0.1, 0.15) is 32.1 Å². The zero-order chi connectivity index (χ0) is 20.0. The standard InChI is InChI=1S/C20H36FN5O3/c21-13-1-2-18-16(5-13)17-6-14(27)10-25(17)19-3-4-26-20(24-19)12(8-23-26)7-22-9-15(28)11-29-18/h12-20,22-24,27-28H,1-11H2/t12?,13?,14-,15+,16?,17+,18?,19?,20?/m1/s1. The van der Waals surface area contributed by atoms with E-state index in [1.54, 1.807) is 0 Å². The predicted octanol–water partition coefficient (Wildman–Crippen LogP) is -1.01. The van der Waals surface area contributed by atoms with Crippen LogP contribution in [-0.2, 0) is 4.74 Å². The van der Waals surface area contributed by atoms with Gasteiger partial charge in [-0.25, -0.2) is 9.40 Å². The molecule has 0 aromatic rings. The highest BCUT2D eigenvalue weighted by atomic mass is 19.1. The number of halogens is 1. The van der Waals surface area contributed by atoms with Gasteiger partial charge < -0.3 is 20.3 Å². The summed E-state index contributed by atoms with van der Waals surface area (Å²) in [6.45, 7) is 4.10. The third-order valence-corrected chi connectivity index (χ3v) is 7.66. The quantitative estimate of drug-likeness (QED) is 0.345. The molecule has 5 rings (SSSR count). The summed E-state index contributed by atoms with van der Waals surface area (Å²) >= 11 is 0. The molecule has 4 saturated heterocycles. The number of hydrogen-bond acceptors (Lipinski definition) is 8. The van der Waals surface area contributed by atoms with Gasteiger partial charge in [0, 0.05) is 50.6 Å². The van der Waals surface area contributed by atoms with Gasteiger partial charge in [0.05, 0.1) is 37.3 Å². The van der Waals surface area contributed by atoms with Crippen LogP contribution in [0.2, 0.25) is 0 Å². The van der Waals surface area contributed by atoms with Crippen LogP contribution in [0.25, 0.3) is 0 Å². The summed E-state index contributed by atoms with van der Waals surface area (Å²) in [5.74, 6) is 0.453. The van der Waals surface area contributed by atoms with Crippen LogP contribution in [0, 0.1) is 11.8 Å². The molecule has 4 heterocycles. The van der Waals surface area contributed by atoms with Crippen molar-refractivity contribution < 1.29 is 19.3 Å². The Kier molecular flexibility index (Phi) is 6.10. The molecule has 0 spiro atoms. The fourth-order valence-electron chi connectivity index (χ4n) is 6.24. The molecule has 1 saturated carbocycles. The third kappa shape index (κ3) is 4.21. The van der Waals surface area contributed by atoms with Gasteiger partial charge in [-0.3, -0.25) is 15.6 Å². The zero-order valence-corrected chi connectivity index (χ0v) is 17.0. The Morgan fingerprint density at radius 1 is 1.00 bits per heavy atom. The number of nitrogens with one attached hydrogen (secondary N) is 3. The Morgan fingerprint density at radius 3 is 2.79 bits per heavy atom. The number of ether oxygens (including phenoxy) is 1. The molecule has 2 bridgehead atoms. The van der Waals surface area contributed by atoms with Crippen LogP contribution < -0.4 is 16.1 Å². The second-order valence-electron chi connectivity index (χ2n) is 9.64. The second kappa shape index (κ2) is 8.63. The summed E-state index contributed by atoms with van der Waals surface area (Å²) in [5, 5.41) is 30.4. The fraction of sp³-hybridized carbons (Fsp3) is 1.00. The normalized spacial score (nSPS) is 50.0. The van der Waals surface area contributed by atoms with E-state index in [0.717, 1.165) is 26.1 Å². The number of β-amino-alcohol motifs (C(OH)–C–C–N with tert-alkyl or cyclic N) is 1. The van der Waals surface area contributed by atoms with Gasteiger partial charge >= 0.3 is 0 Å². The highest BCUT2D eigenvalue weighted by Crippen LogP contribution is 2.39. The van der Waals surface area contributed by atoms with E-state index in [9.17, 15) is 14.6 Å². The molecule has 8 nitrogen and oxygen atoms in total. The number of fused-ring (bicyclic) bond motifs is 5. The topological polar surface area (TPSA) is 92.3 Å². The molecule has 0 amide bonds. The van der Waals surface area contributed by atoms with Gasteiger partial charge in [0.2, 0.25) is 0 Å². The lowest BCUT2D eigenvalue weighted by molar-refractivity contribution is -0.0881. The number of alkyl halides is 1. The van der Waals surface area contributed by atoms with Gasteiger partial charge in [0.1, 0.15) is 6.17 Å². The maximum Gasteiger partial charge on any atom is 0.101 e. The molecule has 5 aliphatic rings. The molecule has 6 unspecified atom stereocenters. The van der Waals surface area contributed by atoms with Crippen LogP contribution in [0.15, 0.2) is 0 Å². The first kappa shape index (κ1) is 20.5. The second-order valence-corrected chi connectivity index (χ2v) is 9.64. The van der Waals surface area contributed by atoms with E-state index >= 15 is 0 Å². The first-order chi connectivity index (χ1) is 14.1. The number of hydrazine groups is 1. The average Bonchev–Trinajstić information content (AvgIpc) is 3.29. The lowest BCUT2D eigenvalue weighted by Crippen LogP contribution is -2.64. The first-order valence-electron chi connectivity index (χ1n) is 11.4. The molecular formula is C20H36FN5O3. The highest BCUT2D eigenvalue weighted by Gasteiger charge is 2.48. The van der Waals surface area contributed by atoms with Crippen LogP contribution in [0.4, 0.5) is 4.39 Å². The first-order valence-corrected chi connectivity index (χ1v) is 11.4. The summed E-state index contributed by atoms with van der Waals surface area (Å²) in [6, 6.07) is 0.114. The maximum atomic E-state index is 14.4. The van der Waals surface area contributed by atoms with E-state index < -0.39 is 12.3 Å². The molecular weight excluding hydrogens is 377 g/mol. The Bertz CT molecular complexity index is 574. The Morgan fingerprint density at radius 2 is 1.90 bits per heavy atom. The van der Waals surface area contributed by atoms with Crippen LogP contribution in [0.5, 0.6) is 0 Å². The van der Waals surface area contributed by atoms with Crippen molar-refractivity contribution in [2.75, 3.05) is 39.3 Å². The lowest BCUT2D eigenvalue weighted by Gasteiger charge is -2.47. The van der Waals surface area contributed by atoms with Crippen LogP contribution >= 0.6 is 0 Å². The van der Waals surface area contributed by atoms with Crippen molar-refractivity contribution in [1.29, 1.82) is 0 Å². The molecule has 0 radical (unpaired) electrons. The van der Waals surface area contributed by atoms with E-state index in [1.165, 1.54) is 0 Å². The van der Waals surface area contributed by atoms with E-state index in [-0.39, 0.29) is 43.1 Å². The number of hydrogen-bond donors (Lipinski definition) is 5. The molecule has 1 aliphatic carbocycles. The molecule has 4 aliphatic heterocycles. The van der Waals surface area contributed by atoms with Crippen molar-refractivity contribution in [3.63, 3.8) is 0 Å². The smallest absolute Gasteiger partial charge is 0.101 e. The summed E-state index contributed by atoms with van der Waals surface area (Å²) in [4.78, 5) is 2.39. The zero-order valence-electron chi connectivity index (χ0n) is 17.0. The Labute approximate surface area is 172 Å². The van der Waals surface area contributed by atoms with Gasteiger partial charge in [0.25, 0.3) is 0 Å². The van der Waals surface area contributed by atoms with E-state index in [1.807, 2.05) is 0 Å². The summed E-state index contributed by atoms with van der Waals surface area (Å²) in [5.41, 5.74) is 3.50. The molecule has 0 aromatic carbocycles. The third-order valence-electron chi connectivity index (χ3n) is 7.66. The van der Waals surface area contributed by atoms with Crippen LogP contribution in [0.3, 0.4) is 0 Å². The molecule has 5 N–H and O–H groups in total. The predicted molar refractivity (Wildman–Crippen MR) is 105 cm³/mol. The van der Waals surface area contributed by atoms with Gasteiger partial charge in [0.15, 0.2) is 0 Å². The highest BCUT2D eigenvalue weighted by molar-refractivity contribution is 5.00. The fourth-order valence-corrected chi connectivity index (χ4v) is 6.24. The van der Waals surface area contributed by atoms with Gasteiger partial charge in [-0.1, -0.05) is 0 Å². The SMILES string of the molecule is O[C@@H]1C[C@H]2C3CC(F)CCC3OC[C@@H](O)CNCC3CNN4CCC(NC34)N2C1. The van der Waals surface area contributed by atoms with Crippen molar-refractivity contribution in [3.8, 4) is 0 Å². The van der Waals surface area contributed by atoms with Crippen molar-refractivity contribution >= 4 is 0 Å². The molecule has 166 valence electrons. The molecule has 9 atom stereocenters. The molecule has 29 heavy (non-hydrogen) atoms. The number of aliphatic hydroxyl groups excluding tert-OH is 2. The average molecular weight is 414 g/mol. The lowest BCUT2D eigenvalue weighted by atomic mass is 9.79. The largest absolute Gasteiger partial charge is 0.392 e. The van der Waals surface area contributed by atoms with E-state index in [4.69, 9.17) is 4.74 Å². The van der Waals surface area contributed by atoms with Crippen molar-refractivity contribution in [2.45, 2.75) is 75.0 Å². The summed E-state index contributed by atoms with van der Waals surface area (Å²) in [6.07, 6.45) is 1.97. The van der Waals surface area contributed by atoms with Gasteiger partial charge in [-0.15, -0.1) is 0 Å². The maximum absolute atomic E-state index is 14.4. The van der Waals surface area contributed by atoms with Crippen molar-refractivity contribution in [3.05, 3.63) is 0 Å². The van der Waals surface area contributed by atoms with E-state index in [2.05, 4.69) is 26.0 Å². The minimum Gasteiger partial charge on any atom is -0.392 e. The Balaban J connectivity index is 1.41. The Hall–Kier alpha value is -0.390. The summed E-state index contributed by atoms with van der Waals surface area (Å²) < 4.78 is 20.6. The van der Waals surface area contributed by atoms with E-state index in [0.29, 0.717) is 44.7 Å². The molecule has 0 aromatic heterocycles. The number of nitrogens with zero attached hydrogens (tertiary/aromatic N) is 2. The van der Waals surface area contributed by atoms with Gasteiger partial charge in [-0.05, 0) is 32.1 Å². The molecule has 9 heteroatoms. The number of aliphatic hydroxyl groups is 2. The monoisotopic (exact) mass is 413 g/mol.